The van der Waals surface area contributed by atoms with E-state index in [4.69, 9.17) is 21.3 Å². The van der Waals surface area contributed by atoms with Crippen molar-refractivity contribution in [3.63, 3.8) is 0 Å². The molecule has 6 heteroatoms. The number of carbonyl (C=O) groups excluding carboxylic acids is 1. The molecule has 0 spiro atoms. The summed E-state index contributed by atoms with van der Waals surface area (Å²) in [6.45, 7) is 0.788. The average Bonchev–Trinajstić information content (AvgIpc) is 2.20. The lowest BCUT2D eigenvalue weighted by Crippen LogP contribution is -2.22. The lowest BCUT2D eigenvalue weighted by molar-refractivity contribution is -0.151. The third-order valence-electron chi connectivity index (χ3n) is 1.90. The van der Waals surface area contributed by atoms with Gasteiger partial charge in [-0.3, -0.25) is 9.59 Å². The predicted molar refractivity (Wildman–Crippen MR) is 54.0 cm³/mol. The summed E-state index contributed by atoms with van der Waals surface area (Å²) in [5.41, 5.74) is 10.4. The Morgan fingerprint density at radius 1 is 1.27 bits per heavy atom. The molecule has 1 unspecified atom stereocenters. The first-order chi connectivity index (χ1) is 7.11. The number of nitrogens with two attached hydrogens (primary N) is 2. The Bertz CT molecular complexity index is 208. The molecular weight excluding hydrogens is 200 g/mol. The van der Waals surface area contributed by atoms with Crippen LogP contribution >= 0.6 is 0 Å². The molecule has 0 aliphatic heterocycles. The van der Waals surface area contributed by atoms with Crippen molar-refractivity contribution in [2.24, 2.45) is 17.4 Å². The van der Waals surface area contributed by atoms with Gasteiger partial charge in [-0.05, 0) is 19.4 Å². The molecule has 0 heterocycles. The highest BCUT2D eigenvalue weighted by molar-refractivity contribution is 5.78. The number of rotatable bonds is 8. The van der Waals surface area contributed by atoms with Crippen LogP contribution in [0, 0.1) is 5.92 Å². The Morgan fingerprint density at radius 2 is 1.93 bits per heavy atom. The lowest BCUT2D eigenvalue weighted by Gasteiger charge is -2.10. The molecule has 0 aliphatic carbocycles. The van der Waals surface area contributed by atoms with Crippen LogP contribution in [0.2, 0.25) is 0 Å². The molecule has 0 rings (SSSR count). The molecule has 0 aromatic carbocycles. The van der Waals surface area contributed by atoms with Gasteiger partial charge >= 0.3 is 11.9 Å². The quantitative estimate of drug-likeness (QED) is 0.465. The second-order valence-electron chi connectivity index (χ2n) is 3.18. The van der Waals surface area contributed by atoms with Gasteiger partial charge in [0.25, 0.3) is 0 Å². The highest BCUT2D eigenvalue weighted by atomic mass is 16.5. The Morgan fingerprint density at radius 3 is 2.40 bits per heavy atom. The van der Waals surface area contributed by atoms with E-state index in [1.165, 1.54) is 0 Å². The van der Waals surface area contributed by atoms with E-state index in [1.807, 2.05) is 0 Å². The minimum absolute atomic E-state index is 0.116. The van der Waals surface area contributed by atoms with Crippen molar-refractivity contribution in [1.29, 1.82) is 0 Å². The van der Waals surface area contributed by atoms with Crippen molar-refractivity contribution in [3.8, 4) is 0 Å². The van der Waals surface area contributed by atoms with Crippen molar-refractivity contribution in [3.05, 3.63) is 0 Å². The monoisotopic (exact) mass is 218 g/mol. The van der Waals surface area contributed by atoms with E-state index in [2.05, 4.69) is 0 Å². The molecule has 0 saturated carbocycles. The SMILES string of the molecule is NCCCC(CC(=O)OCCN)C(=O)O. The van der Waals surface area contributed by atoms with Gasteiger partial charge in [-0.2, -0.15) is 0 Å². The number of esters is 1. The molecular formula is C9H18N2O4. The fourth-order valence-corrected chi connectivity index (χ4v) is 1.11. The molecule has 1 atom stereocenters. The number of hydrogen-bond donors (Lipinski definition) is 3. The summed E-state index contributed by atoms with van der Waals surface area (Å²) >= 11 is 0. The normalized spacial score (nSPS) is 12.1. The van der Waals surface area contributed by atoms with Crippen molar-refractivity contribution in [1.82, 2.24) is 0 Å². The van der Waals surface area contributed by atoms with Gasteiger partial charge < -0.3 is 21.3 Å². The van der Waals surface area contributed by atoms with Gasteiger partial charge in [-0.25, -0.2) is 0 Å². The second-order valence-corrected chi connectivity index (χ2v) is 3.18. The van der Waals surface area contributed by atoms with E-state index in [9.17, 15) is 9.59 Å². The summed E-state index contributed by atoms with van der Waals surface area (Å²) in [5, 5.41) is 8.80. The smallest absolute Gasteiger partial charge is 0.307 e. The number of carbonyl (C=O) groups is 2. The zero-order chi connectivity index (χ0) is 11.7. The molecule has 0 fully saturated rings. The maximum atomic E-state index is 11.1. The molecule has 0 saturated heterocycles. The van der Waals surface area contributed by atoms with Crippen LogP contribution in [-0.2, 0) is 14.3 Å². The number of aliphatic carboxylic acids is 1. The molecule has 88 valence electrons. The van der Waals surface area contributed by atoms with E-state index in [-0.39, 0.29) is 19.6 Å². The molecule has 5 N–H and O–H groups in total. The zero-order valence-corrected chi connectivity index (χ0v) is 8.65. The molecule has 15 heavy (non-hydrogen) atoms. The van der Waals surface area contributed by atoms with E-state index in [1.54, 1.807) is 0 Å². The summed E-state index contributed by atoms with van der Waals surface area (Å²) in [6.07, 6.45) is 0.861. The summed E-state index contributed by atoms with van der Waals surface area (Å²) in [7, 11) is 0. The van der Waals surface area contributed by atoms with Gasteiger partial charge in [0, 0.05) is 6.54 Å². The Hall–Kier alpha value is -1.14. The topological polar surface area (TPSA) is 116 Å². The van der Waals surface area contributed by atoms with Crippen LogP contribution in [-0.4, -0.2) is 36.7 Å². The number of ether oxygens (including phenoxy) is 1. The van der Waals surface area contributed by atoms with Gasteiger partial charge in [0.2, 0.25) is 0 Å². The Kier molecular flexibility index (Phi) is 7.57. The van der Waals surface area contributed by atoms with E-state index in [0.29, 0.717) is 19.4 Å². The first-order valence-electron chi connectivity index (χ1n) is 4.90. The third-order valence-corrected chi connectivity index (χ3v) is 1.90. The second kappa shape index (κ2) is 8.19. The molecule has 0 amide bonds. The van der Waals surface area contributed by atoms with Crippen LogP contribution in [0.5, 0.6) is 0 Å². The van der Waals surface area contributed by atoms with E-state index in [0.717, 1.165) is 0 Å². The van der Waals surface area contributed by atoms with Crippen molar-refractivity contribution in [2.75, 3.05) is 19.7 Å². The van der Waals surface area contributed by atoms with Crippen molar-refractivity contribution < 1.29 is 19.4 Å². The maximum Gasteiger partial charge on any atom is 0.307 e. The number of hydrogen-bond acceptors (Lipinski definition) is 5. The fourth-order valence-electron chi connectivity index (χ4n) is 1.11. The summed E-state index contributed by atoms with van der Waals surface area (Å²) in [6, 6.07) is 0. The van der Waals surface area contributed by atoms with Crippen LogP contribution < -0.4 is 11.5 Å². The summed E-state index contributed by atoms with van der Waals surface area (Å²) in [4.78, 5) is 21.8. The van der Waals surface area contributed by atoms with Gasteiger partial charge in [0.1, 0.15) is 6.61 Å². The minimum atomic E-state index is -0.992. The van der Waals surface area contributed by atoms with Crippen LogP contribution in [0.4, 0.5) is 0 Å². The summed E-state index contributed by atoms with van der Waals surface area (Å²) < 4.78 is 4.69. The largest absolute Gasteiger partial charge is 0.481 e. The maximum absolute atomic E-state index is 11.1. The molecule has 0 aliphatic rings. The first kappa shape index (κ1) is 13.9. The minimum Gasteiger partial charge on any atom is -0.481 e. The predicted octanol–water partition coefficient (Wildman–Crippen LogP) is -0.682. The number of carboxylic acids is 1. The first-order valence-corrected chi connectivity index (χ1v) is 4.90. The van der Waals surface area contributed by atoms with Crippen LogP contribution in [0.3, 0.4) is 0 Å². The standard InChI is InChI=1S/C9H18N2O4/c10-3-1-2-7(9(13)14)6-8(12)15-5-4-11/h7H,1-6,10-11H2,(H,13,14). The van der Waals surface area contributed by atoms with Crippen molar-refractivity contribution in [2.45, 2.75) is 19.3 Å². The van der Waals surface area contributed by atoms with E-state index < -0.39 is 17.9 Å². The highest BCUT2D eigenvalue weighted by Crippen LogP contribution is 2.12. The average molecular weight is 218 g/mol. The highest BCUT2D eigenvalue weighted by Gasteiger charge is 2.21. The Labute approximate surface area is 88.6 Å². The molecule has 6 nitrogen and oxygen atoms in total. The third kappa shape index (κ3) is 6.87. The number of carboxylic acid groups (broad SMARTS) is 1. The zero-order valence-electron chi connectivity index (χ0n) is 8.65. The molecule has 0 aromatic heterocycles. The molecule has 0 radical (unpaired) electrons. The van der Waals surface area contributed by atoms with E-state index >= 15 is 0 Å². The fraction of sp³-hybridized carbons (Fsp3) is 0.778. The van der Waals surface area contributed by atoms with Crippen LogP contribution in [0.25, 0.3) is 0 Å². The van der Waals surface area contributed by atoms with Gasteiger partial charge in [0.15, 0.2) is 0 Å². The van der Waals surface area contributed by atoms with Gasteiger partial charge in [-0.1, -0.05) is 0 Å². The van der Waals surface area contributed by atoms with Crippen LogP contribution in [0.1, 0.15) is 19.3 Å². The Balaban J connectivity index is 3.93. The van der Waals surface area contributed by atoms with Gasteiger partial charge in [-0.15, -0.1) is 0 Å². The van der Waals surface area contributed by atoms with Crippen LogP contribution in [0.15, 0.2) is 0 Å². The summed E-state index contributed by atoms with van der Waals surface area (Å²) in [5.74, 6) is -2.23. The molecule has 0 bridgehead atoms. The lowest BCUT2D eigenvalue weighted by atomic mass is 10.00. The van der Waals surface area contributed by atoms with Crippen molar-refractivity contribution >= 4 is 11.9 Å². The molecule has 0 aromatic rings. The van der Waals surface area contributed by atoms with Gasteiger partial charge in [0.05, 0.1) is 12.3 Å².